The molecule has 0 fully saturated rings. The summed E-state index contributed by atoms with van der Waals surface area (Å²) in [6.45, 7) is 1.98. The molecule has 0 saturated heterocycles. The van der Waals surface area contributed by atoms with Gasteiger partial charge in [-0.25, -0.2) is 0 Å². The van der Waals surface area contributed by atoms with E-state index in [1.54, 1.807) is 7.11 Å². The molecular formula is C17H20NO+. The Balaban J connectivity index is 1.73. The van der Waals surface area contributed by atoms with E-state index in [1.807, 2.05) is 18.2 Å². The van der Waals surface area contributed by atoms with Crippen LogP contribution in [0.2, 0.25) is 0 Å². The quantitative estimate of drug-likeness (QED) is 0.787. The summed E-state index contributed by atoms with van der Waals surface area (Å²) < 4.78 is 5.14. The zero-order valence-electron chi connectivity index (χ0n) is 11.3. The van der Waals surface area contributed by atoms with Gasteiger partial charge in [0, 0.05) is 5.56 Å². The predicted molar refractivity (Wildman–Crippen MR) is 79.0 cm³/mol. The van der Waals surface area contributed by atoms with Gasteiger partial charge < -0.3 is 10.1 Å². The van der Waals surface area contributed by atoms with Crippen LogP contribution in [0.5, 0.6) is 5.75 Å². The summed E-state index contributed by atoms with van der Waals surface area (Å²) in [5.41, 5.74) is 2.56. The van der Waals surface area contributed by atoms with E-state index in [0.29, 0.717) is 0 Å². The third kappa shape index (κ3) is 4.60. The minimum atomic E-state index is 0.910. The van der Waals surface area contributed by atoms with Gasteiger partial charge in [-0.05, 0) is 35.9 Å². The van der Waals surface area contributed by atoms with E-state index in [4.69, 9.17) is 4.74 Å². The Morgan fingerprint density at radius 1 is 1.00 bits per heavy atom. The van der Waals surface area contributed by atoms with Crippen molar-refractivity contribution in [1.29, 1.82) is 0 Å². The van der Waals surface area contributed by atoms with Crippen molar-refractivity contribution in [3.63, 3.8) is 0 Å². The van der Waals surface area contributed by atoms with Gasteiger partial charge in [-0.2, -0.15) is 0 Å². The van der Waals surface area contributed by atoms with Gasteiger partial charge >= 0.3 is 0 Å². The van der Waals surface area contributed by atoms with Crippen LogP contribution in [0.1, 0.15) is 11.1 Å². The summed E-state index contributed by atoms with van der Waals surface area (Å²) in [4.78, 5) is 0. The molecule has 2 aromatic carbocycles. The molecule has 98 valence electrons. The highest BCUT2D eigenvalue weighted by atomic mass is 16.5. The fourth-order valence-corrected chi connectivity index (χ4v) is 1.88. The Kier molecular flexibility index (Phi) is 5.20. The molecule has 0 atom stereocenters. The largest absolute Gasteiger partial charge is 0.497 e. The summed E-state index contributed by atoms with van der Waals surface area (Å²) in [5, 5.41) is 2.28. The Hall–Kier alpha value is -2.06. The number of hydrogen-bond donors (Lipinski definition) is 1. The maximum Gasteiger partial charge on any atom is 0.118 e. The average molecular weight is 254 g/mol. The van der Waals surface area contributed by atoms with Crippen molar-refractivity contribution in [2.24, 2.45) is 0 Å². The molecule has 0 bridgehead atoms. The van der Waals surface area contributed by atoms with Gasteiger partial charge in [-0.3, -0.25) is 0 Å². The number of methoxy groups -OCH3 is 1. The summed E-state index contributed by atoms with van der Waals surface area (Å²) in [7, 11) is 1.69. The monoisotopic (exact) mass is 254 g/mol. The minimum absolute atomic E-state index is 0.910. The fourth-order valence-electron chi connectivity index (χ4n) is 1.88. The van der Waals surface area contributed by atoms with Crippen molar-refractivity contribution in [3.8, 4) is 5.75 Å². The van der Waals surface area contributed by atoms with E-state index in [-0.39, 0.29) is 0 Å². The molecular weight excluding hydrogens is 234 g/mol. The first kappa shape index (κ1) is 13.4. The number of nitrogens with two attached hydrogens (primary N) is 1. The molecule has 0 heterocycles. The molecule has 0 radical (unpaired) electrons. The smallest absolute Gasteiger partial charge is 0.118 e. The lowest BCUT2D eigenvalue weighted by Crippen LogP contribution is -2.82. The Morgan fingerprint density at radius 3 is 2.42 bits per heavy atom. The fraction of sp³-hybridized carbons (Fsp3) is 0.176. The first-order chi connectivity index (χ1) is 9.38. The highest BCUT2D eigenvalue weighted by Crippen LogP contribution is 2.10. The van der Waals surface area contributed by atoms with Crippen LogP contribution < -0.4 is 10.1 Å². The van der Waals surface area contributed by atoms with Gasteiger partial charge in [0.2, 0.25) is 0 Å². The van der Waals surface area contributed by atoms with Crippen LogP contribution in [0.15, 0.2) is 60.7 Å². The molecule has 0 saturated carbocycles. The van der Waals surface area contributed by atoms with Crippen LogP contribution in [0.4, 0.5) is 0 Å². The molecule has 2 nitrogen and oxygen atoms in total. The molecule has 2 N–H and O–H groups in total. The van der Waals surface area contributed by atoms with E-state index in [0.717, 1.165) is 18.8 Å². The Bertz CT molecular complexity index is 503. The maximum absolute atomic E-state index is 5.14. The third-order valence-electron chi connectivity index (χ3n) is 2.95. The predicted octanol–water partition coefficient (Wildman–Crippen LogP) is 2.47. The van der Waals surface area contributed by atoms with Crippen LogP contribution in [-0.2, 0) is 6.54 Å². The first-order valence-corrected chi connectivity index (χ1v) is 6.54. The lowest BCUT2D eigenvalue weighted by atomic mass is 10.2. The second kappa shape index (κ2) is 7.39. The summed E-state index contributed by atoms with van der Waals surface area (Å²) >= 11 is 0. The van der Waals surface area contributed by atoms with E-state index in [2.05, 4.69) is 53.9 Å². The lowest BCUT2D eigenvalue weighted by Gasteiger charge is -2.02. The molecule has 0 unspecified atom stereocenters. The number of ether oxygens (including phenoxy) is 1. The van der Waals surface area contributed by atoms with Gasteiger partial charge in [-0.15, -0.1) is 0 Å². The minimum Gasteiger partial charge on any atom is -0.497 e. The van der Waals surface area contributed by atoms with E-state index in [9.17, 15) is 0 Å². The van der Waals surface area contributed by atoms with Crippen molar-refractivity contribution in [2.75, 3.05) is 13.7 Å². The van der Waals surface area contributed by atoms with Gasteiger partial charge in [-0.1, -0.05) is 36.4 Å². The van der Waals surface area contributed by atoms with Crippen molar-refractivity contribution < 1.29 is 10.1 Å². The van der Waals surface area contributed by atoms with E-state index in [1.165, 1.54) is 11.1 Å². The highest BCUT2D eigenvalue weighted by Gasteiger charge is 1.95. The SMILES string of the molecule is COc1ccc(C[NH2+]C/C=C/c2ccccc2)cc1. The summed E-state index contributed by atoms with van der Waals surface area (Å²) in [5.74, 6) is 0.910. The first-order valence-electron chi connectivity index (χ1n) is 6.54. The summed E-state index contributed by atoms with van der Waals surface area (Å²) in [6.07, 6.45) is 4.35. The highest BCUT2D eigenvalue weighted by molar-refractivity contribution is 5.48. The third-order valence-corrected chi connectivity index (χ3v) is 2.95. The number of quaternary nitrogens is 1. The second-order valence-electron chi connectivity index (χ2n) is 4.39. The van der Waals surface area contributed by atoms with Gasteiger partial charge in [0.1, 0.15) is 12.3 Å². The molecule has 0 aliphatic rings. The number of rotatable bonds is 6. The topological polar surface area (TPSA) is 25.8 Å². The standard InChI is InChI=1S/C17H19NO/c1-19-17-11-9-16(10-12-17)14-18-13-5-8-15-6-3-2-4-7-15/h2-12,18H,13-14H2,1H3/p+1/b8-5+. The molecule has 2 rings (SSSR count). The van der Waals surface area contributed by atoms with Crippen LogP contribution in [0, 0.1) is 0 Å². The lowest BCUT2D eigenvalue weighted by molar-refractivity contribution is -0.661. The molecule has 2 aromatic rings. The Morgan fingerprint density at radius 2 is 1.74 bits per heavy atom. The zero-order valence-corrected chi connectivity index (χ0v) is 11.3. The molecule has 0 spiro atoms. The van der Waals surface area contributed by atoms with E-state index < -0.39 is 0 Å². The number of hydrogen-bond acceptors (Lipinski definition) is 1. The van der Waals surface area contributed by atoms with Crippen molar-refractivity contribution in [1.82, 2.24) is 0 Å². The van der Waals surface area contributed by atoms with Crippen molar-refractivity contribution in [2.45, 2.75) is 6.54 Å². The second-order valence-corrected chi connectivity index (χ2v) is 4.39. The Labute approximate surface area is 114 Å². The normalized spacial score (nSPS) is 10.8. The molecule has 0 aromatic heterocycles. The number of benzene rings is 2. The van der Waals surface area contributed by atoms with Gasteiger partial charge in [0.25, 0.3) is 0 Å². The van der Waals surface area contributed by atoms with Crippen molar-refractivity contribution >= 4 is 6.08 Å². The van der Waals surface area contributed by atoms with Crippen LogP contribution in [0.25, 0.3) is 6.08 Å². The molecule has 0 aliphatic heterocycles. The zero-order chi connectivity index (χ0) is 13.3. The maximum atomic E-state index is 5.14. The summed E-state index contributed by atoms with van der Waals surface area (Å²) in [6, 6.07) is 18.6. The molecule has 19 heavy (non-hydrogen) atoms. The van der Waals surface area contributed by atoms with Gasteiger partial charge in [0.05, 0.1) is 13.7 Å². The van der Waals surface area contributed by atoms with E-state index >= 15 is 0 Å². The van der Waals surface area contributed by atoms with Crippen LogP contribution in [0.3, 0.4) is 0 Å². The molecule has 2 heteroatoms. The van der Waals surface area contributed by atoms with Gasteiger partial charge in [0.15, 0.2) is 0 Å². The van der Waals surface area contributed by atoms with Crippen molar-refractivity contribution in [3.05, 3.63) is 71.8 Å². The van der Waals surface area contributed by atoms with Crippen LogP contribution in [-0.4, -0.2) is 13.7 Å². The molecule has 0 amide bonds. The molecule has 0 aliphatic carbocycles. The van der Waals surface area contributed by atoms with Crippen LogP contribution >= 0.6 is 0 Å². The average Bonchev–Trinajstić information content (AvgIpc) is 2.49.